The molecule has 0 saturated carbocycles. The molecule has 6 heteroatoms. The number of rotatable bonds is 8. The summed E-state index contributed by atoms with van der Waals surface area (Å²) in [6.45, 7) is 8.70. The van der Waals surface area contributed by atoms with Crippen LogP contribution in [0.25, 0.3) is 0 Å². The number of nitrogens with one attached hydrogen (secondary N) is 2. The second-order valence-corrected chi connectivity index (χ2v) is 6.14. The lowest BCUT2D eigenvalue weighted by atomic mass is 10.2. The molecule has 0 saturated heterocycles. The van der Waals surface area contributed by atoms with Gasteiger partial charge in [-0.25, -0.2) is 9.97 Å². The molecule has 2 rings (SSSR count). The number of nitrogens with zero attached hydrogens (tertiary/aromatic N) is 2. The molecular weight excluding hydrogens is 316 g/mol. The zero-order valence-corrected chi connectivity index (χ0v) is 15.3. The molecule has 25 heavy (non-hydrogen) atoms. The van der Waals surface area contributed by atoms with Crippen molar-refractivity contribution in [1.82, 2.24) is 9.97 Å². The summed E-state index contributed by atoms with van der Waals surface area (Å²) in [7, 11) is 0. The standard InChI is InChI=1S/C19H26N4O2/c1-5-6-11-20-19-21-14(4)12-17(23-19)18(24)22-15-7-9-16(10-8-15)25-13(2)3/h7-10,12-13H,5-6,11H2,1-4H3,(H,22,24)(H,20,21,23). The monoisotopic (exact) mass is 342 g/mol. The van der Waals surface area contributed by atoms with Crippen molar-refractivity contribution in [2.24, 2.45) is 0 Å². The van der Waals surface area contributed by atoms with Crippen LogP contribution in [-0.2, 0) is 0 Å². The first-order chi connectivity index (χ1) is 12.0. The number of hydrogen-bond donors (Lipinski definition) is 2. The summed E-state index contributed by atoms with van der Waals surface area (Å²) in [6, 6.07) is 8.96. The number of aromatic nitrogens is 2. The molecule has 0 atom stereocenters. The normalized spacial score (nSPS) is 10.6. The van der Waals surface area contributed by atoms with E-state index in [9.17, 15) is 4.79 Å². The zero-order valence-electron chi connectivity index (χ0n) is 15.3. The Bertz CT molecular complexity index is 699. The van der Waals surface area contributed by atoms with E-state index in [1.165, 1.54) is 0 Å². The van der Waals surface area contributed by atoms with Crippen molar-refractivity contribution in [3.05, 3.63) is 41.7 Å². The maximum atomic E-state index is 12.5. The van der Waals surface area contributed by atoms with Gasteiger partial charge < -0.3 is 15.4 Å². The minimum Gasteiger partial charge on any atom is -0.491 e. The summed E-state index contributed by atoms with van der Waals surface area (Å²) in [6.07, 6.45) is 2.23. The molecule has 0 aliphatic carbocycles. The fourth-order valence-electron chi connectivity index (χ4n) is 2.23. The molecular formula is C19H26N4O2. The van der Waals surface area contributed by atoms with Crippen LogP contribution in [0.1, 0.15) is 49.8 Å². The van der Waals surface area contributed by atoms with Gasteiger partial charge in [-0.15, -0.1) is 0 Å². The third-order valence-corrected chi connectivity index (χ3v) is 3.38. The predicted molar refractivity (Wildman–Crippen MR) is 100 cm³/mol. The highest BCUT2D eigenvalue weighted by atomic mass is 16.5. The molecule has 0 fully saturated rings. The molecule has 1 aromatic heterocycles. The molecule has 0 spiro atoms. The van der Waals surface area contributed by atoms with Crippen molar-refractivity contribution >= 4 is 17.5 Å². The van der Waals surface area contributed by atoms with Gasteiger partial charge in [0.2, 0.25) is 5.95 Å². The lowest BCUT2D eigenvalue weighted by Crippen LogP contribution is -2.16. The van der Waals surface area contributed by atoms with Crippen LogP contribution in [-0.4, -0.2) is 28.5 Å². The van der Waals surface area contributed by atoms with Gasteiger partial charge in [-0.3, -0.25) is 4.79 Å². The number of amides is 1. The minimum atomic E-state index is -0.262. The van der Waals surface area contributed by atoms with E-state index in [1.807, 2.05) is 45.0 Å². The zero-order chi connectivity index (χ0) is 18.2. The summed E-state index contributed by atoms with van der Waals surface area (Å²) in [5.74, 6) is 0.995. The number of benzene rings is 1. The average Bonchev–Trinajstić information content (AvgIpc) is 2.56. The fraction of sp³-hybridized carbons (Fsp3) is 0.421. The Morgan fingerprint density at radius 1 is 1.20 bits per heavy atom. The predicted octanol–water partition coefficient (Wildman–Crippen LogP) is 4.04. The Balaban J connectivity index is 2.04. The highest BCUT2D eigenvalue weighted by molar-refractivity contribution is 6.03. The first-order valence-electron chi connectivity index (χ1n) is 8.65. The molecule has 1 heterocycles. The van der Waals surface area contributed by atoms with Gasteiger partial charge in [0.05, 0.1) is 6.10 Å². The van der Waals surface area contributed by atoms with Crippen LogP contribution in [0, 0.1) is 6.92 Å². The SMILES string of the molecule is CCCCNc1nc(C)cc(C(=O)Nc2ccc(OC(C)C)cc2)n1. The summed E-state index contributed by atoms with van der Waals surface area (Å²) in [5, 5.41) is 6.00. The molecule has 0 radical (unpaired) electrons. The van der Waals surface area contributed by atoms with Gasteiger partial charge in [0, 0.05) is 17.9 Å². The van der Waals surface area contributed by atoms with E-state index >= 15 is 0 Å². The van der Waals surface area contributed by atoms with Crippen molar-refractivity contribution in [2.45, 2.75) is 46.6 Å². The number of unbranched alkanes of at least 4 members (excludes halogenated alkanes) is 1. The number of aryl methyl sites for hydroxylation is 1. The van der Waals surface area contributed by atoms with Crippen molar-refractivity contribution < 1.29 is 9.53 Å². The summed E-state index contributed by atoms with van der Waals surface area (Å²) < 4.78 is 5.60. The van der Waals surface area contributed by atoms with Gasteiger partial charge in [-0.2, -0.15) is 0 Å². The van der Waals surface area contributed by atoms with Crippen LogP contribution < -0.4 is 15.4 Å². The van der Waals surface area contributed by atoms with Gasteiger partial charge in [0.25, 0.3) is 5.91 Å². The Morgan fingerprint density at radius 2 is 1.92 bits per heavy atom. The van der Waals surface area contributed by atoms with Crippen molar-refractivity contribution in [2.75, 3.05) is 17.2 Å². The van der Waals surface area contributed by atoms with Crippen molar-refractivity contribution in [3.8, 4) is 5.75 Å². The van der Waals surface area contributed by atoms with Crippen LogP contribution >= 0.6 is 0 Å². The van der Waals surface area contributed by atoms with Gasteiger partial charge in [0.1, 0.15) is 11.4 Å². The molecule has 0 unspecified atom stereocenters. The van der Waals surface area contributed by atoms with E-state index in [1.54, 1.807) is 6.07 Å². The maximum absolute atomic E-state index is 12.5. The molecule has 0 aliphatic heterocycles. The van der Waals surface area contributed by atoms with Gasteiger partial charge in [-0.1, -0.05) is 13.3 Å². The lowest BCUT2D eigenvalue weighted by Gasteiger charge is -2.11. The number of anilines is 2. The Morgan fingerprint density at radius 3 is 2.56 bits per heavy atom. The summed E-state index contributed by atoms with van der Waals surface area (Å²) in [5.41, 5.74) is 1.78. The molecule has 0 bridgehead atoms. The summed E-state index contributed by atoms with van der Waals surface area (Å²) in [4.78, 5) is 21.1. The highest BCUT2D eigenvalue weighted by Crippen LogP contribution is 2.17. The fourth-order valence-corrected chi connectivity index (χ4v) is 2.23. The third kappa shape index (κ3) is 6.06. The van der Waals surface area contributed by atoms with E-state index < -0.39 is 0 Å². The van der Waals surface area contributed by atoms with E-state index in [-0.39, 0.29) is 12.0 Å². The van der Waals surface area contributed by atoms with Gasteiger partial charge in [0.15, 0.2) is 0 Å². The van der Waals surface area contributed by atoms with Crippen LogP contribution in [0.2, 0.25) is 0 Å². The second kappa shape index (κ2) is 9.01. The average molecular weight is 342 g/mol. The smallest absolute Gasteiger partial charge is 0.274 e. The maximum Gasteiger partial charge on any atom is 0.274 e. The molecule has 1 aromatic carbocycles. The van der Waals surface area contributed by atoms with Gasteiger partial charge >= 0.3 is 0 Å². The van der Waals surface area contributed by atoms with Crippen LogP contribution in [0.3, 0.4) is 0 Å². The number of ether oxygens (including phenoxy) is 1. The summed E-state index contributed by atoms with van der Waals surface area (Å²) >= 11 is 0. The molecule has 0 aliphatic rings. The Kier molecular flexibility index (Phi) is 6.74. The largest absolute Gasteiger partial charge is 0.491 e. The second-order valence-electron chi connectivity index (χ2n) is 6.14. The third-order valence-electron chi connectivity index (χ3n) is 3.38. The number of hydrogen-bond acceptors (Lipinski definition) is 5. The topological polar surface area (TPSA) is 76.1 Å². The van der Waals surface area contributed by atoms with Crippen molar-refractivity contribution in [3.63, 3.8) is 0 Å². The molecule has 134 valence electrons. The van der Waals surface area contributed by atoms with Crippen molar-refractivity contribution in [1.29, 1.82) is 0 Å². The van der Waals surface area contributed by atoms with Gasteiger partial charge in [-0.05, 0) is 57.5 Å². The van der Waals surface area contributed by atoms with E-state index in [0.29, 0.717) is 17.3 Å². The van der Waals surface area contributed by atoms with Crippen LogP contribution in [0.5, 0.6) is 5.75 Å². The quantitative estimate of drug-likeness (QED) is 0.708. The Labute approximate surface area is 149 Å². The highest BCUT2D eigenvalue weighted by Gasteiger charge is 2.11. The molecule has 6 nitrogen and oxygen atoms in total. The number of carbonyl (C=O) groups excluding carboxylic acids is 1. The minimum absolute atomic E-state index is 0.114. The van der Waals surface area contributed by atoms with E-state index in [0.717, 1.165) is 30.8 Å². The Hall–Kier alpha value is -2.63. The van der Waals surface area contributed by atoms with E-state index in [2.05, 4.69) is 27.5 Å². The van der Waals surface area contributed by atoms with E-state index in [4.69, 9.17) is 4.74 Å². The van der Waals surface area contributed by atoms with Crippen LogP contribution in [0.15, 0.2) is 30.3 Å². The first-order valence-corrected chi connectivity index (χ1v) is 8.65. The lowest BCUT2D eigenvalue weighted by molar-refractivity contribution is 0.102. The molecule has 2 aromatic rings. The first kappa shape index (κ1) is 18.7. The molecule has 1 amide bonds. The van der Waals surface area contributed by atoms with Crippen LogP contribution in [0.4, 0.5) is 11.6 Å². The number of carbonyl (C=O) groups is 1. The molecule has 2 N–H and O–H groups in total.